The lowest BCUT2D eigenvalue weighted by Crippen LogP contribution is -2.00. The summed E-state index contributed by atoms with van der Waals surface area (Å²) in [6.07, 6.45) is 0. The molecule has 12 rings (SSSR count). The third-order valence-electron chi connectivity index (χ3n) is 11.3. The summed E-state index contributed by atoms with van der Waals surface area (Å²) < 4.78 is 4.84. The maximum atomic E-state index is 4.99. The molecule has 0 radical (unpaired) electrons. The molecule has 0 spiro atoms. The Hall–Kier alpha value is -7.63. The summed E-state index contributed by atoms with van der Waals surface area (Å²) >= 11 is 0. The SMILES string of the molecule is c1ccc(-c2nc(-c3ccccc3)nc(-c3ccc(-n4c5cccc6c7cccc8c7c7c(cccc7n8-c7ccccc7)c7cccc4c7c65)cc3)n2)cc1. The number of rotatable bonds is 5. The zero-order valence-corrected chi connectivity index (χ0v) is 30.1. The predicted octanol–water partition coefficient (Wildman–Crippen LogP) is 12.8. The lowest BCUT2D eigenvalue weighted by molar-refractivity contribution is 1.07. The maximum Gasteiger partial charge on any atom is 0.164 e. The highest BCUT2D eigenvalue weighted by molar-refractivity contribution is 6.37. The van der Waals surface area contributed by atoms with Gasteiger partial charge < -0.3 is 9.13 Å². The summed E-state index contributed by atoms with van der Waals surface area (Å²) in [6, 6.07) is 66.7. The molecule has 260 valence electrons. The molecule has 0 atom stereocenters. The van der Waals surface area contributed by atoms with Crippen molar-refractivity contribution in [1.82, 2.24) is 24.1 Å². The number of para-hydroxylation sites is 1. The highest BCUT2D eigenvalue weighted by Crippen LogP contribution is 2.46. The summed E-state index contributed by atoms with van der Waals surface area (Å²) in [5.74, 6) is 1.94. The highest BCUT2D eigenvalue weighted by Gasteiger charge is 2.22. The summed E-state index contributed by atoms with van der Waals surface area (Å²) in [5, 5.41) is 10.1. The van der Waals surface area contributed by atoms with Gasteiger partial charge in [-0.2, -0.15) is 0 Å². The Morgan fingerprint density at radius 1 is 0.250 bits per heavy atom. The molecule has 0 saturated carbocycles. The summed E-state index contributed by atoms with van der Waals surface area (Å²) in [5.41, 5.74) is 9.84. The molecule has 0 aliphatic carbocycles. The second-order valence-electron chi connectivity index (χ2n) is 14.4. The standard InChI is InChI=1S/C51H31N5/c1-4-14-32(15-5-1)49-52-50(33-16-6-2-7-17-33)54-51(53-49)34-28-30-36(31-29-34)56-43-26-12-22-39-37-20-10-24-41-45(37)46-38(40-23-13-27-44(56)48(40)47(39)43)21-11-25-42(46)55(41)35-18-8-3-9-19-35/h1-31H. The first kappa shape index (κ1) is 30.8. The van der Waals surface area contributed by atoms with E-state index in [9.17, 15) is 0 Å². The zero-order valence-electron chi connectivity index (χ0n) is 30.1. The van der Waals surface area contributed by atoms with Gasteiger partial charge >= 0.3 is 0 Å². The van der Waals surface area contributed by atoms with Crippen molar-refractivity contribution in [3.8, 4) is 45.5 Å². The van der Waals surface area contributed by atoms with Crippen LogP contribution in [-0.4, -0.2) is 24.1 Å². The van der Waals surface area contributed by atoms with E-state index in [1.165, 1.54) is 65.2 Å². The van der Waals surface area contributed by atoms with E-state index >= 15 is 0 Å². The van der Waals surface area contributed by atoms with Gasteiger partial charge in [-0.15, -0.1) is 0 Å². The number of fused-ring (bicyclic) bond motifs is 2. The Morgan fingerprint density at radius 2 is 0.554 bits per heavy atom. The van der Waals surface area contributed by atoms with E-state index in [4.69, 9.17) is 15.0 Å². The Balaban J connectivity index is 1.10. The van der Waals surface area contributed by atoms with Gasteiger partial charge in [0.15, 0.2) is 17.5 Å². The minimum Gasteiger partial charge on any atom is -0.309 e. The van der Waals surface area contributed by atoms with Gasteiger partial charge in [0, 0.05) is 49.6 Å². The molecule has 0 bridgehead atoms. The smallest absolute Gasteiger partial charge is 0.164 e. The lowest BCUT2D eigenvalue weighted by Gasteiger charge is -2.11. The lowest BCUT2D eigenvalue weighted by atomic mass is 9.95. The van der Waals surface area contributed by atoms with E-state index in [-0.39, 0.29) is 0 Å². The molecule has 3 heterocycles. The predicted molar refractivity (Wildman–Crippen MR) is 231 cm³/mol. The van der Waals surface area contributed by atoms with Crippen molar-refractivity contribution in [3.05, 3.63) is 188 Å². The summed E-state index contributed by atoms with van der Waals surface area (Å²) in [7, 11) is 0. The topological polar surface area (TPSA) is 48.5 Å². The third-order valence-corrected chi connectivity index (χ3v) is 11.3. The third kappa shape index (κ3) is 4.46. The molecule has 12 aromatic rings. The minimum atomic E-state index is 0.640. The van der Waals surface area contributed by atoms with Crippen molar-refractivity contribution in [2.24, 2.45) is 0 Å². The van der Waals surface area contributed by atoms with Crippen LogP contribution in [-0.2, 0) is 0 Å². The van der Waals surface area contributed by atoms with Gasteiger partial charge in [0.2, 0.25) is 0 Å². The second kappa shape index (κ2) is 11.9. The van der Waals surface area contributed by atoms with Gasteiger partial charge in [-0.25, -0.2) is 15.0 Å². The van der Waals surface area contributed by atoms with Crippen molar-refractivity contribution < 1.29 is 0 Å². The molecule has 0 saturated heterocycles. The maximum absolute atomic E-state index is 4.99. The van der Waals surface area contributed by atoms with Crippen LogP contribution in [0.15, 0.2) is 188 Å². The van der Waals surface area contributed by atoms with Crippen LogP contribution < -0.4 is 0 Å². The van der Waals surface area contributed by atoms with Crippen LogP contribution in [0.5, 0.6) is 0 Å². The van der Waals surface area contributed by atoms with Crippen LogP contribution in [0, 0.1) is 0 Å². The molecule has 3 aromatic heterocycles. The zero-order chi connectivity index (χ0) is 36.7. The molecule has 0 fully saturated rings. The number of hydrogen-bond donors (Lipinski definition) is 0. The molecular formula is C51H31N5. The number of hydrogen-bond acceptors (Lipinski definition) is 3. The Kier molecular flexibility index (Phi) is 6.56. The first-order valence-corrected chi connectivity index (χ1v) is 19.0. The number of benzene rings is 8. The average Bonchev–Trinajstić information content (AvgIpc) is 3.80. The Morgan fingerprint density at radius 3 is 0.911 bits per heavy atom. The Bertz CT molecular complexity index is 3260. The summed E-state index contributed by atoms with van der Waals surface area (Å²) in [4.78, 5) is 14.9. The molecule has 9 aromatic carbocycles. The Labute approximate surface area is 321 Å². The van der Waals surface area contributed by atoms with Crippen LogP contribution in [0.3, 0.4) is 0 Å². The second-order valence-corrected chi connectivity index (χ2v) is 14.4. The average molecular weight is 714 g/mol. The van der Waals surface area contributed by atoms with Crippen LogP contribution in [0.2, 0.25) is 0 Å². The fourth-order valence-corrected chi connectivity index (χ4v) is 8.94. The van der Waals surface area contributed by atoms with E-state index in [2.05, 4.69) is 137 Å². The highest BCUT2D eigenvalue weighted by atomic mass is 15.0. The largest absolute Gasteiger partial charge is 0.309 e. The van der Waals surface area contributed by atoms with Gasteiger partial charge in [0.05, 0.1) is 22.1 Å². The van der Waals surface area contributed by atoms with Gasteiger partial charge in [-0.3, -0.25) is 0 Å². The quantitative estimate of drug-likeness (QED) is 0.178. The van der Waals surface area contributed by atoms with Crippen molar-refractivity contribution in [3.63, 3.8) is 0 Å². The molecule has 0 aliphatic rings. The van der Waals surface area contributed by atoms with Crippen molar-refractivity contribution >= 4 is 65.2 Å². The summed E-state index contributed by atoms with van der Waals surface area (Å²) in [6.45, 7) is 0. The van der Waals surface area contributed by atoms with Crippen LogP contribution in [0.25, 0.3) is 111 Å². The van der Waals surface area contributed by atoms with Gasteiger partial charge in [0.25, 0.3) is 0 Å². The number of aromatic nitrogens is 5. The molecule has 0 N–H and O–H groups in total. The molecule has 0 unspecified atom stereocenters. The van der Waals surface area contributed by atoms with Crippen LogP contribution >= 0.6 is 0 Å². The first-order valence-electron chi connectivity index (χ1n) is 19.0. The van der Waals surface area contributed by atoms with Crippen LogP contribution in [0.1, 0.15) is 0 Å². The van der Waals surface area contributed by atoms with Gasteiger partial charge in [0.1, 0.15) is 0 Å². The normalized spacial score (nSPS) is 11.9. The fraction of sp³-hybridized carbons (Fsp3) is 0. The molecule has 0 aliphatic heterocycles. The monoisotopic (exact) mass is 713 g/mol. The minimum absolute atomic E-state index is 0.640. The van der Waals surface area contributed by atoms with E-state index in [0.717, 1.165) is 28.1 Å². The van der Waals surface area contributed by atoms with Crippen molar-refractivity contribution in [2.75, 3.05) is 0 Å². The molecular weight excluding hydrogens is 683 g/mol. The van der Waals surface area contributed by atoms with E-state index in [1.807, 2.05) is 60.7 Å². The van der Waals surface area contributed by atoms with Gasteiger partial charge in [-0.05, 0) is 82.2 Å². The fourth-order valence-electron chi connectivity index (χ4n) is 8.94. The molecule has 5 heteroatoms. The van der Waals surface area contributed by atoms with E-state index < -0.39 is 0 Å². The molecule has 0 amide bonds. The molecule has 5 nitrogen and oxygen atoms in total. The molecule has 56 heavy (non-hydrogen) atoms. The van der Waals surface area contributed by atoms with Gasteiger partial charge in [-0.1, -0.05) is 127 Å². The van der Waals surface area contributed by atoms with E-state index in [0.29, 0.717) is 17.5 Å². The number of nitrogens with zero attached hydrogens (tertiary/aromatic N) is 5. The van der Waals surface area contributed by atoms with Crippen molar-refractivity contribution in [1.29, 1.82) is 0 Å². The van der Waals surface area contributed by atoms with E-state index in [1.54, 1.807) is 0 Å². The van der Waals surface area contributed by atoms with Crippen molar-refractivity contribution in [2.45, 2.75) is 0 Å². The van der Waals surface area contributed by atoms with Crippen LogP contribution in [0.4, 0.5) is 0 Å². The first-order chi connectivity index (χ1) is 27.8.